The smallest absolute Gasteiger partial charge is 0.246 e. The summed E-state index contributed by atoms with van der Waals surface area (Å²) in [5.74, 6) is -0.0610. The first-order valence-corrected chi connectivity index (χ1v) is 15.4. The summed E-state index contributed by atoms with van der Waals surface area (Å²) in [5, 5.41) is 12.1. The molecule has 228 valence electrons. The average molecular weight is 623 g/mol. The largest absolute Gasteiger partial charge is 0.351 e. The molecule has 5 heterocycles. The van der Waals surface area contributed by atoms with E-state index in [1.165, 1.54) is 6.08 Å². The van der Waals surface area contributed by atoms with Gasteiger partial charge in [0.1, 0.15) is 11.0 Å². The highest BCUT2D eigenvalue weighted by molar-refractivity contribution is 6.35. The van der Waals surface area contributed by atoms with Crippen LogP contribution in [0.25, 0.3) is 43.8 Å². The maximum atomic E-state index is 16.9. The second-order valence-electron chi connectivity index (χ2n) is 12.1. The Bertz CT molecular complexity index is 2020. The molecule has 2 aromatic carbocycles. The molecule has 3 aromatic heterocycles. The second kappa shape index (κ2) is 11.4. The summed E-state index contributed by atoms with van der Waals surface area (Å²) in [6.45, 7) is 5.60. The van der Waals surface area contributed by atoms with Crippen molar-refractivity contribution in [3.8, 4) is 17.2 Å². The quantitative estimate of drug-likeness (QED) is 0.215. The summed E-state index contributed by atoms with van der Waals surface area (Å²) in [6, 6.07) is 11.7. The number of piperidine rings is 1. The van der Waals surface area contributed by atoms with E-state index in [0.29, 0.717) is 47.7 Å². The zero-order valence-corrected chi connectivity index (χ0v) is 25.9. The van der Waals surface area contributed by atoms with Crippen LogP contribution < -0.4 is 4.90 Å². The summed E-state index contributed by atoms with van der Waals surface area (Å²) in [4.78, 5) is 32.8. The number of hydrogen-bond acceptors (Lipinski definition) is 7. The molecule has 2 saturated heterocycles. The number of hydrogen-bond donors (Lipinski definition) is 0. The van der Waals surface area contributed by atoms with Gasteiger partial charge in [-0.15, -0.1) is 0 Å². The minimum atomic E-state index is -0.509. The van der Waals surface area contributed by atoms with Crippen LogP contribution >= 0.6 is 11.6 Å². The van der Waals surface area contributed by atoms with E-state index >= 15 is 4.39 Å². The van der Waals surface area contributed by atoms with Gasteiger partial charge >= 0.3 is 0 Å². The number of anilines is 1. The first kappa shape index (κ1) is 29.1. The molecule has 7 rings (SSSR count). The van der Waals surface area contributed by atoms with Crippen LogP contribution in [0.5, 0.6) is 0 Å². The van der Waals surface area contributed by atoms with Gasteiger partial charge in [0.25, 0.3) is 0 Å². The van der Waals surface area contributed by atoms with E-state index in [0.717, 1.165) is 29.4 Å². The Hall–Kier alpha value is -4.59. The van der Waals surface area contributed by atoms with Crippen LogP contribution in [0.1, 0.15) is 25.3 Å². The number of nitrogens with zero attached hydrogens (tertiary/aromatic N) is 8. The van der Waals surface area contributed by atoms with Gasteiger partial charge in [-0.25, -0.2) is 14.4 Å². The molecule has 2 atom stereocenters. The van der Waals surface area contributed by atoms with Crippen molar-refractivity contribution in [3.05, 3.63) is 72.5 Å². The van der Waals surface area contributed by atoms with Crippen molar-refractivity contribution in [2.24, 2.45) is 0 Å². The summed E-state index contributed by atoms with van der Waals surface area (Å²) in [6.07, 6.45) is 7.89. The molecule has 2 aliphatic rings. The number of nitriles is 1. The molecule has 2 fully saturated rings. The minimum Gasteiger partial charge on any atom is -0.351 e. The highest BCUT2D eigenvalue weighted by Crippen LogP contribution is 2.43. The fourth-order valence-electron chi connectivity index (χ4n) is 6.85. The number of halogens is 2. The third-order valence-electron chi connectivity index (χ3n) is 9.37. The predicted octanol–water partition coefficient (Wildman–Crippen LogP) is 5.97. The molecule has 0 saturated carbocycles. The van der Waals surface area contributed by atoms with Crippen molar-refractivity contribution in [1.29, 1.82) is 5.26 Å². The summed E-state index contributed by atoms with van der Waals surface area (Å²) < 4.78 is 19.0. The van der Waals surface area contributed by atoms with Gasteiger partial charge in [0, 0.05) is 72.1 Å². The zero-order chi connectivity index (χ0) is 31.4. The van der Waals surface area contributed by atoms with Crippen molar-refractivity contribution >= 4 is 56.0 Å². The van der Waals surface area contributed by atoms with Gasteiger partial charge in [-0.3, -0.25) is 9.78 Å². The number of likely N-dealkylation sites (tertiary alicyclic amines) is 1. The second-order valence-corrected chi connectivity index (χ2v) is 12.5. The Morgan fingerprint density at radius 2 is 2.02 bits per heavy atom. The topological polar surface area (TPSA) is 94.2 Å². The van der Waals surface area contributed by atoms with E-state index in [1.807, 2.05) is 38.4 Å². The molecule has 1 amide bonds. The number of amides is 1. The molecule has 11 heteroatoms. The van der Waals surface area contributed by atoms with Gasteiger partial charge in [-0.05, 0) is 44.5 Å². The Morgan fingerprint density at radius 3 is 2.78 bits per heavy atom. The van der Waals surface area contributed by atoms with Crippen LogP contribution in [-0.2, 0) is 4.79 Å². The van der Waals surface area contributed by atoms with Gasteiger partial charge in [-0.1, -0.05) is 42.4 Å². The third-order valence-corrected chi connectivity index (χ3v) is 9.66. The van der Waals surface area contributed by atoms with Gasteiger partial charge in [0.2, 0.25) is 5.91 Å². The molecular weight excluding hydrogens is 591 g/mol. The highest BCUT2D eigenvalue weighted by atomic mass is 35.5. The third kappa shape index (κ3) is 4.78. The Labute approximate surface area is 265 Å². The SMILES string of the molecule is C=CC(=O)N1CC[C@H](n2cnc3c(N4CC(N(C)C)C4)nc4c(F)c(-c5cncc6ccccc56)c(Cl)cc4c32)C[C@H]1CC#N. The molecular formula is C34H32ClFN8O. The van der Waals surface area contributed by atoms with E-state index in [-0.39, 0.29) is 40.5 Å². The van der Waals surface area contributed by atoms with Crippen LogP contribution in [0, 0.1) is 17.1 Å². The molecule has 0 N–H and O–H groups in total. The number of likely N-dealkylation sites (N-methyl/N-ethyl adjacent to an activating group) is 1. The molecule has 9 nitrogen and oxygen atoms in total. The number of fused-ring (bicyclic) bond motifs is 4. The van der Waals surface area contributed by atoms with Crippen molar-refractivity contribution in [2.75, 3.05) is 38.6 Å². The van der Waals surface area contributed by atoms with Gasteiger partial charge in [0.15, 0.2) is 11.6 Å². The summed E-state index contributed by atoms with van der Waals surface area (Å²) >= 11 is 6.95. The van der Waals surface area contributed by atoms with Gasteiger partial charge < -0.3 is 19.3 Å². The maximum Gasteiger partial charge on any atom is 0.246 e. The van der Waals surface area contributed by atoms with E-state index in [1.54, 1.807) is 29.7 Å². The lowest BCUT2D eigenvalue weighted by molar-refractivity contribution is -0.130. The van der Waals surface area contributed by atoms with Crippen LogP contribution in [0.4, 0.5) is 10.2 Å². The summed E-state index contributed by atoms with van der Waals surface area (Å²) in [5.41, 5.74) is 2.50. The first-order valence-electron chi connectivity index (χ1n) is 15.0. The number of carbonyl (C=O) groups excluding carboxylic acids is 1. The monoisotopic (exact) mass is 622 g/mol. The first-order chi connectivity index (χ1) is 21.8. The standard InChI is InChI=1S/C34H32ClFN8O/c1-4-28(45)43-12-10-22(13-21(43)9-11-37)44-19-39-32-33(44)25-14-27(35)29(26-16-38-15-20-7-5-6-8-24(20)26)30(36)31(25)40-34(32)42-17-23(18-42)41(2)3/h4-8,14-16,19,21-23H,1,9-10,12-13,17-18H2,2-3H3/t21-,22+/m1/s1. The van der Waals surface area contributed by atoms with Crippen molar-refractivity contribution in [2.45, 2.75) is 37.4 Å². The number of rotatable bonds is 6. The fraction of sp³-hybridized carbons (Fsp3) is 0.324. The van der Waals surface area contributed by atoms with Crippen LogP contribution in [0.15, 0.2) is 61.7 Å². The lowest BCUT2D eigenvalue weighted by Crippen LogP contribution is -2.57. The molecule has 0 radical (unpaired) electrons. The van der Waals surface area contributed by atoms with Gasteiger partial charge in [0.05, 0.1) is 29.4 Å². The van der Waals surface area contributed by atoms with Crippen molar-refractivity contribution in [3.63, 3.8) is 0 Å². The van der Waals surface area contributed by atoms with Crippen LogP contribution in [0.2, 0.25) is 5.02 Å². The molecule has 45 heavy (non-hydrogen) atoms. The molecule has 0 aliphatic carbocycles. The van der Waals surface area contributed by atoms with E-state index in [9.17, 15) is 10.1 Å². The number of carbonyl (C=O) groups is 1. The zero-order valence-electron chi connectivity index (χ0n) is 25.1. The van der Waals surface area contributed by atoms with E-state index in [4.69, 9.17) is 21.6 Å². The Balaban J connectivity index is 1.43. The fourth-order valence-corrected chi connectivity index (χ4v) is 7.15. The molecule has 0 spiro atoms. The Morgan fingerprint density at radius 1 is 1.22 bits per heavy atom. The maximum absolute atomic E-state index is 16.9. The average Bonchev–Trinajstić information content (AvgIpc) is 3.46. The van der Waals surface area contributed by atoms with E-state index < -0.39 is 5.82 Å². The predicted molar refractivity (Wildman–Crippen MR) is 175 cm³/mol. The minimum absolute atomic E-state index is 0.0737. The number of pyridine rings is 2. The lowest BCUT2D eigenvalue weighted by atomic mass is 9.94. The highest BCUT2D eigenvalue weighted by Gasteiger charge is 2.35. The van der Waals surface area contributed by atoms with Gasteiger partial charge in [-0.2, -0.15) is 5.26 Å². The molecule has 2 aliphatic heterocycles. The number of benzene rings is 2. The van der Waals surface area contributed by atoms with Crippen molar-refractivity contribution in [1.82, 2.24) is 29.3 Å². The molecule has 0 bridgehead atoms. The molecule has 0 unspecified atom stereocenters. The summed E-state index contributed by atoms with van der Waals surface area (Å²) in [7, 11) is 4.10. The van der Waals surface area contributed by atoms with Crippen molar-refractivity contribution < 1.29 is 9.18 Å². The number of aromatic nitrogens is 4. The van der Waals surface area contributed by atoms with Crippen LogP contribution in [-0.4, -0.2) is 81.0 Å². The number of imidazole rings is 1. The normalized spacial score (nSPS) is 18.9. The molecule has 5 aromatic rings. The van der Waals surface area contributed by atoms with E-state index in [2.05, 4.69) is 32.0 Å². The Kier molecular flexibility index (Phi) is 7.38. The van der Waals surface area contributed by atoms with Crippen LogP contribution in [0.3, 0.4) is 0 Å². The lowest BCUT2D eigenvalue weighted by Gasteiger charge is -2.43.